The molecule has 0 saturated heterocycles. The molecule has 0 bridgehead atoms. The van der Waals surface area contributed by atoms with Gasteiger partial charge in [-0.2, -0.15) is 0 Å². The predicted molar refractivity (Wildman–Crippen MR) is 118 cm³/mol. The minimum atomic E-state index is -0.355. The van der Waals surface area contributed by atoms with Crippen LogP contribution in [0.25, 0.3) is 0 Å². The highest BCUT2D eigenvalue weighted by molar-refractivity contribution is 7.17. The largest absolute Gasteiger partial charge is 0.493 e. The number of thiophene rings is 1. The van der Waals surface area contributed by atoms with Crippen LogP contribution >= 0.6 is 11.3 Å². The molecule has 1 heterocycles. The Kier molecular flexibility index (Phi) is 7.37. The molecule has 1 amide bonds. The Morgan fingerprint density at radius 1 is 1.17 bits per heavy atom. The summed E-state index contributed by atoms with van der Waals surface area (Å²) in [5.41, 5.74) is 2.38. The first-order valence-corrected chi connectivity index (χ1v) is 11.1. The van der Waals surface area contributed by atoms with E-state index in [2.05, 4.69) is 12.2 Å². The van der Waals surface area contributed by atoms with Gasteiger partial charge in [-0.15, -0.1) is 11.3 Å². The van der Waals surface area contributed by atoms with Crippen molar-refractivity contribution in [3.05, 3.63) is 39.8 Å². The van der Waals surface area contributed by atoms with Gasteiger partial charge in [-0.1, -0.05) is 19.4 Å². The van der Waals surface area contributed by atoms with Crippen LogP contribution < -0.4 is 14.8 Å². The Morgan fingerprint density at radius 3 is 2.60 bits per heavy atom. The van der Waals surface area contributed by atoms with E-state index in [-0.39, 0.29) is 18.3 Å². The molecule has 1 unspecified atom stereocenters. The van der Waals surface area contributed by atoms with Crippen LogP contribution in [0.2, 0.25) is 0 Å². The zero-order chi connectivity index (χ0) is 21.7. The quantitative estimate of drug-likeness (QED) is 0.617. The van der Waals surface area contributed by atoms with Gasteiger partial charge in [0.1, 0.15) is 5.00 Å². The SMILES string of the molecule is CCOC(=O)c1c(NC(=O)Cc2ccc(OC)c(OC)c2)sc2c1CCC(CC)C2. The average Bonchev–Trinajstić information content (AvgIpc) is 3.10. The summed E-state index contributed by atoms with van der Waals surface area (Å²) in [6.45, 7) is 4.29. The number of ether oxygens (including phenoxy) is 3. The lowest BCUT2D eigenvalue weighted by Gasteiger charge is -2.20. The third-order valence-electron chi connectivity index (χ3n) is 5.49. The number of amides is 1. The van der Waals surface area contributed by atoms with Crippen molar-refractivity contribution in [2.24, 2.45) is 5.92 Å². The van der Waals surface area contributed by atoms with Gasteiger partial charge in [0, 0.05) is 4.88 Å². The summed E-state index contributed by atoms with van der Waals surface area (Å²) in [7, 11) is 3.13. The van der Waals surface area contributed by atoms with Crippen molar-refractivity contribution in [2.75, 3.05) is 26.1 Å². The van der Waals surface area contributed by atoms with Crippen LogP contribution in [-0.2, 0) is 28.8 Å². The number of carbonyl (C=O) groups excluding carboxylic acids is 2. The lowest BCUT2D eigenvalue weighted by molar-refractivity contribution is -0.115. The van der Waals surface area contributed by atoms with Gasteiger partial charge in [-0.3, -0.25) is 4.79 Å². The fourth-order valence-corrected chi connectivity index (χ4v) is 5.22. The molecule has 162 valence electrons. The second kappa shape index (κ2) is 9.98. The van der Waals surface area contributed by atoms with E-state index < -0.39 is 0 Å². The minimum Gasteiger partial charge on any atom is -0.493 e. The Labute approximate surface area is 181 Å². The van der Waals surface area contributed by atoms with E-state index in [0.717, 1.165) is 36.8 Å². The normalized spacial score (nSPS) is 15.3. The number of benzene rings is 1. The third kappa shape index (κ3) is 4.78. The average molecular weight is 432 g/mol. The van der Waals surface area contributed by atoms with Gasteiger partial charge in [0.2, 0.25) is 5.91 Å². The minimum absolute atomic E-state index is 0.169. The van der Waals surface area contributed by atoms with Crippen LogP contribution in [-0.4, -0.2) is 32.7 Å². The van der Waals surface area contributed by atoms with Crippen LogP contribution in [0.4, 0.5) is 5.00 Å². The van der Waals surface area contributed by atoms with Crippen molar-refractivity contribution in [3.63, 3.8) is 0 Å². The topological polar surface area (TPSA) is 73.9 Å². The van der Waals surface area contributed by atoms with Crippen molar-refractivity contribution < 1.29 is 23.8 Å². The van der Waals surface area contributed by atoms with E-state index in [9.17, 15) is 9.59 Å². The summed E-state index contributed by atoms with van der Waals surface area (Å²) in [6.07, 6.45) is 4.15. The number of methoxy groups -OCH3 is 2. The van der Waals surface area contributed by atoms with Crippen LogP contribution in [0.15, 0.2) is 18.2 Å². The molecule has 2 aromatic rings. The maximum Gasteiger partial charge on any atom is 0.341 e. The van der Waals surface area contributed by atoms with Gasteiger partial charge in [0.05, 0.1) is 32.8 Å². The molecule has 0 aliphatic heterocycles. The number of hydrogen-bond donors (Lipinski definition) is 1. The summed E-state index contributed by atoms with van der Waals surface area (Å²) in [5.74, 6) is 1.28. The van der Waals surface area contributed by atoms with Gasteiger partial charge in [0.25, 0.3) is 0 Å². The fraction of sp³-hybridized carbons (Fsp3) is 0.478. The Hall–Kier alpha value is -2.54. The number of hydrogen-bond acceptors (Lipinski definition) is 6. The van der Waals surface area contributed by atoms with Crippen molar-refractivity contribution in [1.29, 1.82) is 0 Å². The summed E-state index contributed by atoms with van der Waals surface area (Å²) in [6, 6.07) is 5.40. The standard InChI is InChI=1S/C23H29NO5S/c1-5-14-7-9-16-19(12-14)30-22(21(16)23(26)29-6-2)24-20(25)13-15-8-10-17(27-3)18(11-15)28-4/h8,10-11,14H,5-7,9,12-13H2,1-4H3,(H,24,25). The number of esters is 1. The van der Waals surface area contributed by atoms with Crippen molar-refractivity contribution in [2.45, 2.75) is 46.0 Å². The molecule has 7 heteroatoms. The third-order valence-corrected chi connectivity index (χ3v) is 6.66. The van der Waals surface area contributed by atoms with Gasteiger partial charge in [-0.05, 0) is 55.4 Å². The summed E-state index contributed by atoms with van der Waals surface area (Å²) in [4.78, 5) is 26.6. The first kappa shape index (κ1) is 22.2. The van der Waals surface area contributed by atoms with E-state index >= 15 is 0 Å². The smallest absolute Gasteiger partial charge is 0.341 e. The van der Waals surface area contributed by atoms with Gasteiger partial charge < -0.3 is 19.5 Å². The number of fused-ring (bicyclic) bond motifs is 1. The van der Waals surface area contributed by atoms with E-state index in [1.165, 1.54) is 16.2 Å². The first-order chi connectivity index (χ1) is 14.5. The highest BCUT2D eigenvalue weighted by Crippen LogP contribution is 2.41. The van der Waals surface area contributed by atoms with Gasteiger partial charge in [0.15, 0.2) is 11.5 Å². The highest BCUT2D eigenvalue weighted by atomic mass is 32.1. The van der Waals surface area contributed by atoms with Crippen molar-refractivity contribution in [3.8, 4) is 11.5 Å². The lowest BCUT2D eigenvalue weighted by Crippen LogP contribution is -2.18. The summed E-state index contributed by atoms with van der Waals surface area (Å²) < 4.78 is 15.8. The molecule has 1 aromatic carbocycles. The Morgan fingerprint density at radius 2 is 1.93 bits per heavy atom. The molecule has 0 spiro atoms. The Bertz CT molecular complexity index is 921. The molecule has 0 fully saturated rings. The maximum absolute atomic E-state index is 12.8. The number of nitrogens with one attached hydrogen (secondary N) is 1. The molecular formula is C23H29NO5S. The number of carbonyl (C=O) groups is 2. The van der Waals surface area contributed by atoms with Crippen molar-refractivity contribution >= 4 is 28.2 Å². The molecule has 6 nitrogen and oxygen atoms in total. The molecule has 1 aliphatic carbocycles. The molecule has 0 radical (unpaired) electrons. The molecule has 1 atom stereocenters. The van der Waals surface area contributed by atoms with Gasteiger partial charge in [-0.25, -0.2) is 4.79 Å². The monoisotopic (exact) mass is 431 g/mol. The molecule has 1 aromatic heterocycles. The number of anilines is 1. The zero-order valence-corrected chi connectivity index (χ0v) is 18.8. The zero-order valence-electron chi connectivity index (χ0n) is 18.0. The van der Waals surface area contributed by atoms with Crippen LogP contribution in [0.5, 0.6) is 11.5 Å². The fourth-order valence-electron chi connectivity index (χ4n) is 3.86. The summed E-state index contributed by atoms with van der Waals surface area (Å²) >= 11 is 1.51. The Balaban J connectivity index is 1.82. The molecule has 1 N–H and O–H groups in total. The second-order valence-electron chi connectivity index (χ2n) is 7.36. The second-order valence-corrected chi connectivity index (χ2v) is 8.46. The maximum atomic E-state index is 12.8. The number of rotatable bonds is 8. The van der Waals surface area contributed by atoms with Crippen LogP contribution in [0.3, 0.4) is 0 Å². The first-order valence-electron chi connectivity index (χ1n) is 10.3. The van der Waals surface area contributed by atoms with Crippen molar-refractivity contribution in [1.82, 2.24) is 0 Å². The molecule has 30 heavy (non-hydrogen) atoms. The van der Waals surface area contributed by atoms with E-state index in [0.29, 0.717) is 34.6 Å². The van der Waals surface area contributed by atoms with Crippen LogP contribution in [0, 0.1) is 5.92 Å². The molecule has 3 rings (SSSR count). The van der Waals surface area contributed by atoms with E-state index in [1.54, 1.807) is 33.3 Å². The van der Waals surface area contributed by atoms with Crippen LogP contribution in [0.1, 0.15) is 53.1 Å². The highest BCUT2D eigenvalue weighted by Gasteiger charge is 2.29. The lowest BCUT2D eigenvalue weighted by atomic mass is 9.85. The van der Waals surface area contributed by atoms with E-state index in [1.807, 2.05) is 6.07 Å². The van der Waals surface area contributed by atoms with E-state index in [4.69, 9.17) is 14.2 Å². The summed E-state index contributed by atoms with van der Waals surface area (Å²) in [5, 5.41) is 3.56. The molecule has 1 aliphatic rings. The molecular weight excluding hydrogens is 402 g/mol. The molecule has 0 saturated carbocycles. The predicted octanol–water partition coefficient (Wildman–Crippen LogP) is 4.64. The van der Waals surface area contributed by atoms with Gasteiger partial charge >= 0.3 is 5.97 Å².